The monoisotopic (exact) mass is 579 g/mol. The SMILES string of the molecule is CCCNC(=O)C(CC)N(Cc1ccc(C)cc1)C(=O)CN(c1cc(C)ccc1OC)S(=O)(=O)c1ccc(C)cc1. The molecule has 1 N–H and O–H groups in total. The fourth-order valence-corrected chi connectivity index (χ4v) is 5.94. The first-order valence-corrected chi connectivity index (χ1v) is 15.3. The maximum absolute atomic E-state index is 14.2. The van der Waals surface area contributed by atoms with E-state index < -0.39 is 28.5 Å². The number of anilines is 1. The molecule has 0 saturated heterocycles. The molecule has 0 radical (unpaired) electrons. The average Bonchev–Trinajstić information content (AvgIpc) is 2.95. The minimum Gasteiger partial charge on any atom is -0.495 e. The Labute approximate surface area is 244 Å². The summed E-state index contributed by atoms with van der Waals surface area (Å²) in [5, 5.41) is 2.90. The van der Waals surface area contributed by atoms with Crippen LogP contribution in [0.15, 0.2) is 71.6 Å². The fourth-order valence-electron chi connectivity index (χ4n) is 4.52. The number of hydrogen-bond donors (Lipinski definition) is 1. The zero-order chi connectivity index (χ0) is 30.2. The minimum atomic E-state index is -4.19. The van der Waals surface area contributed by atoms with Crippen molar-refractivity contribution in [2.45, 2.75) is 64.9 Å². The van der Waals surface area contributed by atoms with E-state index in [-0.39, 0.29) is 23.0 Å². The standard InChI is InChI=1S/C32H41N3O5S/c1-7-19-33-32(37)28(8-2)34(21-26-14-9-23(3)10-15-26)31(36)22-35(29-20-25(5)13-18-30(29)40-6)41(38,39)27-16-11-24(4)12-17-27/h9-18,20,28H,7-8,19,21-22H2,1-6H3,(H,33,37). The second-order valence-electron chi connectivity index (χ2n) is 10.2. The number of aryl methyl sites for hydroxylation is 3. The third kappa shape index (κ3) is 7.88. The van der Waals surface area contributed by atoms with Gasteiger partial charge in [0.05, 0.1) is 17.7 Å². The van der Waals surface area contributed by atoms with Crippen LogP contribution in [-0.4, -0.2) is 51.4 Å². The summed E-state index contributed by atoms with van der Waals surface area (Å²) < 4.78 is 34.8. The number of carbonyl (C=O) groups excluding carboxylic acids is 2. The zero-order valence-corrected chi connectivity index (χ0v) is 25.6. The Morgan fingerprint density at radius 1 is 0.878 bits per heavy atom. The van der Waals surface area contributed by atoms with E-state index in [9.17, 15) is 18.0 Å². The first-order chi connectivity index (χ1) is 19.5. The molecular weight excluding hydrogens is 538 g/mol. The van der Waals surface area contributed by atoms with Crippen LogP contribution in [0.2, 0.25) is 0 Å². The number of hydrogen-bond acceptors (Lipinski definition) is 5. The topological polar surface area (TPSA) is 96.0 Å². The summed E-state index contributed by atoms with van der Waals surface area (Å²) in [7, 11) is -2.73. The molecule has 9 heteroatoms. The first-order valence-electron chi connectivity index (χ1n) is 13.9. The third-order valence-corrected chi connectivity index (χ3v) is 8.67. The summed E-state index contributed by atoms with van der Waals surface area (Å²) in [6, 6.07) is 18.6. The number of methoxy groups -OCH3 is 1. The maximum Gasteiger partial charge on any atom is 0.264 e. The van der Waals surface area contributed by atoms with Gasteiger partial charge in [0.15, 0.2) is 0 Å². The lowest BCUT2D eigenvalue weighted by molar-refractivity contribution is -0.140. The first kappa shape index (κ1) is 31.7. The van der Waals surface area contributed by atoms with Gasteiger partial charge in [0.1, 0.15) is 18.3 Å². The smallest absolute Gasteiger partial charge is 0.264 e. The molecule has 0 aromatic heterocycles. The maximum atomic E-state index is 14.2. The van der Waals surface area contributed by atoms with Gasteiger partial charge in [-0.3, -0.25) is 13.9 Å². The second-order valence-corrected chi connectivity index (χ2v) is 12.1. The molecule has 2 amide bonds. The van der Waals surface area contributed by atoms with Gasteiger partial charge < -0.3 is 15.0 Å². The Morgan fingerprint density at radius 2 is 1.46 bits per heavy atom. The molecule has 0 aliphatic rings. The number of ether oxygens (including phenoxy) is 1. The highest BCUT2D eigenvalue weighted by molar-refractivity contribution is 7.92. The number of nitrogens with one attached hydrogen (secondary N) is 1. The molecule has 0 aliphatic heterocycles. The molecule has 3 rings (SSSR count). The molecular formula is C32H41N3O5S. The number of benzene rings is 3. The van der Waals surface area contributed by atoms with Crippen molar-refractivity contribution >= 4 is 27.5 Å². The van der Waals surface area contributed by atoms with Gasteiger partial charge in [0.25, 0.3) is 10.0 Å². The van der Waals surface area contributed by atoms with Crippen LogP contribution < -0.4 is 14.4 Å². The largest absolute Gasteiger partial charge is 0.495 e. The molecule has 220 valence electrons. The molecule has 0 fully saturated rings. The Bertz CT molecular complexity index is 1440. The predicted octanol–water partition coefficient (Wildman–Crippen LogP) is 5.15. The van der Waals surface area contributed by atoms with Gasteiger partial charge in [-0.2, -0.15) is 0 Å². The van der Waals surface area contributed by atoms with Crippen LogP contribution in [0.4, 0.5) is 5.69 Å². The second kappa shape index (κ2) is 14.2. The number of nitrogens with zero attached hydrogens (tertiary/aromatic N) is 2. The van der Waals surface area contributed by atoms with Crippen LogP contribution in [0.25, 0.3) is 0 Å². The van der Waals surface area contributed by atoms with Crippen LogP contribution >= 0.6 is 0 Å². The fraction of sp³-hybridized carbons (Fsp3) is 0.375. The van der Waals surface area contributed by atoms with Gasteiger partial charge in [-0.15, -0.1) is 0 Å². The normalized spacial score (nSPS) is 12.0. The van der Waals surface area contributed by atoms with Crippen molar-refractivity contribution in [1.29, 1.82) is 0 Å². The van der Waals surface area contributed by atoms with Crippen LogP contribution in [0, 0.1) is 20.8 Å². The van der Waals surface area contributed by atoms with Crippen molar-refractivity contribution in [3.63, 3.8) is 0 Å². The van der Waals surface area contributed by atoms with E-state index in [1.165, 1.54) is 24.1 Å². The van der Waals surface area contributed by atoms with Gasteiger partial charge in [-0.25, -0.2) is 8.42 Å². The van der Waals surface area contributed by atoms with Crippen molar-refractivity contribution in [1.82, 2.24) is 10.2 Å². The molecule has 8 nitrogen and oxygen atoms in total. The third-order valence-electron chi connectivity index (χ3n) is 6.90. The van der Waals surface area contributed by atoms with E-state index >= 15 is 0 Å². The molecule has 1 atom stereocenters. The lowest BCUT2D eigenvalue weighted by Crippen LogP contribution is -2.52. The van der Waals surface area contributed by atoms with E-state index in [0.717, 1.165) is 33.0 Å². The van der Waals surface area contributed by atoms with Crippen LogP contribution in [0.3, 0.4) is 0 Å². The molecule has 0 heterocycles. The minimum absolute atomic E-state index is 0.0530. The van der Waals surface area contributed by atoms with Gasteiger partial charge >= 0.3 is 0 Å². The predicted molar refractivity (Wildman–Crippen MR) is 163 cm³/mol. The summed E-state index contributed by atoms with van der Waals surface area (Å²) in [4.78, 5) is 28.9. The Kier molecular flexibility index (Phi) is 10.9. The molecule has 41 heavy (non-hydrogen) atoms. The van der Waals surface area contributed by atoms with E-state index in [2.05, 4.69) is 5.32 Å². The molecule has 3 aromatic rings. The van der Waals surface area contributed by atoms with Crippen molar-refractivity contribution in [2.24, 2.45) is 0 Å². The summed E-state index contributed by atoms with van der Waals surface area (Å²) in [6.07, 6.45) is 1.12. The average molecular weight is 580 g/mol. The Morgan fingerprint density at radius 3 is 2.02 bits per heavy atom. The van der Waals surface area contributed by atoms with Crippen molar-refractivity contribution in [3.05, 3.63) is 89.0 Å². The van der Waals surface area contributed by atoms with Crippen molar-refractivity contribution < 1.29 is 22.7 Å². The molecule has 3 aromatic carbocycles. The highest BCUT2D eigenvalue weighted by Crippen LogP contribution is 2.34. The van der Waals surface area contributed by atoms with Gasteiger partial charge in [0.2, 0.25) is 11.8 Å². The number of sulfonamides is 1. The Balaban J connectivity index is 2.11. The van der Waals surface area contributed by atoms with Gasteiger partial charge in [0, 0.05) is 13.1 Å². The molecule has 0 bridgehead atoms. The van der Waals surface area contributed by atoms with E-state index in [4.69, 9.17) is 4.74 Å². The van der Waals surface area contributed by atoms with E-state index in [1.807, 2.05) is 65.0 Å². The molecule has 0 saturated carbocycles. The van der Waals surface area contributed by atoms with Crippen molar-refractivity contribution in [2.75, 3.05) is 24.5 Å². The number of rotatable bonds is 13. The lowest BCUT2D eigenvalue weighted by atomic mass is 10.1. The summed E-state index contributed by atoms with van der Waals surface area (Å²) in [5.74, 6) is -0.448. The highest BCUT2D eigenvalue weighted by Gasteiger charge is 2.34. The molecule has 0 aliphatic carbocycles. The zero-order valence-electron chi connectivity index (χ0n) is 24.8. The van der Waals surface area contributed by atoms with Crippen molar-refractivity contribution in [3.8, 4) is 5.75 Å². The van der Waals surface area contributed by atoms with Crippen LogP contribution in [0.5, 0.6) is 5.75 Å². The quantitative estimate of drug-likeness (QED) is 0.302. The van der Waals surface area contributed by atoms with E-state index in [0.29, 0.717) is 18.7 Å². The summed E-state index contributed by atoms with van der Waals surface area (Å²) in [5.41, 5.74) is 3.88. The molecule has 1 unspecified atom stereocenters. The highest BCUT2D eigenvalue weighted by atomic mass is 32.2. The lowest BCUT2D eigenvalue weighted by Gasteiger charge is -2.33. The summed E-state index contributed by atoms with van der Waals surface area (Å²) in [6.45, 7) is 9.61. The van der Waals surface area contributed by atoms with E-state index in [1.54, 1.807) is 24.3 Å². The van der Waals surface area contributed by atoms with Crippen LogP contribution in [-0.2, 0) is 26.2 Å². The molecule has 0 spiro atoms. The van der Waals surface area contributed by atoms with Gasteiger partial charge in [-0.05, 0) is 69.0 Å². The Hall–Kier alpha value is -3.85. The van der Waals surface area contributed by atoms with Crippen LogP contribution in [0.1, 0.15) is 48.9 Å². The summed E-state index contributed by atoms with van der Waals surface area (Å²) >= 11 is 0. The number of amides is 2. The van der Waals surface area contributed by atoms with Gasteiger partial charge in [-0.1, -0.05) is 67.4 Å². The number of carbonyl (C=O) groups is 2.